The molecule has 0 aliphatic heterocycles. The van der Waals surface area contributed by atoms with Gasteiger partial charge in [0, 0.05) is 23.2 Å². The summed E-state index contributed by atoms with van der Waals surface area (Å²) in [6.45, 7) is 1.85. The van der Waals surface area contributed by atoms with Crippen LogP contribution in [0.5, 0.6) is 0 Å². The number of hydrogen-bond acceptors (Lipinski definition) is 4. The van der Waals surface area contributed by atoms with Crippen molar-refractivity contribution in [3.63, 3.8) is 0 Å². The molecule has 1 fully saturated rings. The Labute approximate surface area is 150 Å². The van der Waals surface area contributed by atoms with Crippen LogP contribution in [0.2, 0.25) is 5.02 Å². The van der Waals surface area contributed by atoms with E-state index in [0.717, 1.165) is 30.5 Å². The number of aryl methyl sites for hydroxylation is 1. The largest absolute Gasteiger partial charge is 0.458 e. The van der Waals surface area contributed by atoms with Crippen molar-refractivity contribution in [3.05, 3.63) is 64.6 Å². The third-order valence-corrected chi connectivity index (χ3v) is 5.10. The summed E-state index contributed by atoms with van der Waals surface area (Å²) in [4.78, 5) is 17.0. The van der Waals surface area contributed by atoms with Crippen molar-refractivity contribution < 1.29 is 9.53 Å². The molecule has 5 nitrogen and oxygen atoms in total. The van der Waals surface area contributed by atoms with E-state index in [0.29, 0.717) is 16.2 Å². The number of halogens is 1. The van der Waals surface area contributed by atoms with Gasteiger partial charge < -0.3 is 4.74 Å². The average Bonchev–Trinajstić information content (AvgIpc) is 3.24. The van der Waals surface area contributed by atoms with Crippen molar-refractivity contribution in [2.24, 2.45) is 0 Å². The molecule has 128 valence electrons. The highest BCUT2D eigenvalue weighted by molar-refractivity contribution is 6.30. The highest BCUT2D eigenvalue weighted by Crippen LogP contribution is 2.37. The quantitative estimate of drug-likeness (QED) is 0.661. The smallest absolute Gasteiger partial charge is 0.341 e. The van der Waals surface area contributed by atoms with Gasteiger partial charge in [0.05, 0.1) is 17.5 Å². The first-order valence-corrected chi connectivity index (χ1v) is 8.77. The first-order chi connectivity index (χ1) is 12.1. The molecule has 2 heterocycles. The Bertz CT molecular complexity index is 937. The fraction of sp³-hybridized carbons (Fsp3) is 0.316. The van der Waals surface area contributed by atoms with Gasteiger partial charge in [-0.2, -0.15) is 5.10 Å². The molecule has 1 aliphatic rings. The zero-order valence-electron chi connectivity index (χ0n) is 13.9. The maximum absolute atomic E-state index is 12.7. The lowest BCUT2D eigenvalue weighted by atomic mass is 9.96. The lowest BCUT2D eigenvalue weighted by Crippen LogP contribution is -2.22. The minimum absolute atomic E-state index is 0.140. The molecule has 2 aromatic heterocycles. The lowest BCUT2D eigenvalue weighted by molar-refractivity contribution is 0.0276. The number of hydrogen-bond donors (Lipinski definition) is 0. The SMILES string of the molecule is Cc1c(C(=O)OC2CCCC2c2cccc(Cl)c2)cnc2ccnn12. The van der Waals surface area contributed by atoms with Crippen LogP contribution in [0.25, 0.3) is 5.65 Å². The summed E-state index contributed by atoms with van der Waals surface area (Å²) < 4.78 is 7.50. The van der Waals surface area contributed by atoms with Gasteiger partial charge in [-0.1, -0.05) is 23.7 Å². The zero-order chi connectivity index (χ0) is 17.4. The highest BCUT2D eigenvalue weighted by atomic mass is 35.5. The molecule has 0 saturated heterocycles. The van der Waals surface area contributed by atoms with Crippen molar-refractivity contribution in [2.45, 2.75) is 38.2 Å². The molecule has 0 radical (unpaired) electrons. The molecule has 1 aromatic carbocycles. The van der Waals surface area contributed by atoms with E-state index in [4.69, 9.17) is 16.3 Å². The predicted molar refractivity (Wildman–Crippen MR) is 95.0 cm³/mol. The van der Waals surface area contributed by atoms with Crippen LogP contribution in [-0.4, -0.2) is 26.7 Å². The van der Waals surface area contributed by atoms with Crippen LogP contribution in [0.15, 0.2) is 42.7 Å². The maximum Gasteiger partial charge on any atom is 0.341 e. The van der Waals surface area contributed by atoms with Crippen LogP contribution in [0.1, 0.15) is 46.8 Å². The molecule has 6 heteroatoms. The molecule has 0 N–H and O–H groups in total. The van der Waals surface area contributed by atoms with E-state index in [2.05, 4.69) is 10.1 Å². The number of rotatable bonds is 3. The molecule has 25 heavy (non-hydrogen) atoms. The second-order valence-electron chi connectivity index (χ2n) is 6.39. The van der Waals surface area contributed by atoms with Crippen molar-refractivity contribution in [1.82, 2.24) is 14.6 Å². The summed E-state index contributed by atoms with van der Waals surface area (Å²) in [5.41, 5.74) is 3.03. The van der Waals surface area contributed by atoms with Gasteiger partial charge in [0.1, 0.15) is 6.10 Å². The van der Waals surface area contributed by atoms with E-state index in [1.54, 1.807) is 23.0 Å². The van der Waals surface area contributed by atoms with Gasteiger partial charge >= 0.3 is 5.97 Å². The molecule has 1 saturated carbocycles. The summed E-state index contributed by atoms with van der Waals surface area (Å²) in [6.07, 6.45) is 5.98. The maximum atomic E-state index is 12.7. The minimum Gasteiger partial charge on any atom is -0.458 e. The second kappa shape index (κ2) is 6.48. The topological polar surface area (TPSA) is 56.5 Å². The number of ether oxygens (including phenoxy) is 1. The average molecular weight is 356 g/mol. The van der Waals surface area contributed by atoms with Crippen molar-refractivity contribution in [2.75, 3.05) is 0 Å². The van der Waals surface area contributed by atoms with Gasteiger partial charge in [-0.3, -0.25) is 0 Å². The molecule has 0 spiro atoms. The van der Waals surface area contributed by atoms with E-state index in [9.17, 15) is 4.79 Å². The standard InChI is InChI=1S/C19H18ClN3O2/c1-12-16(11-21-18-8-9-22-23(12)18)19(24)25-17-7-3-6-15(17)13-4-2-5-14(20)10-13/h2,4-5,8-11,15,17H,3,6-7H2,1H3. The Balaban J connectivity index is 1.57. The third kappa shape index (κ3) is 3.00. The Kier molecular flexibility index (Phi) is 4.17. The fourth-order valence-electron chi connectivity index (χ4n) is 3.58. The first-order valence-electron chi connectivity index (χ1n) is 8.39. The van der Waals surface area contributed by atoms with Crippen LogP contribution < -0.4 is 0 Å². The molecule has 4 rings (SSSR count). The van der Waals surface area contributed by atoms with Gasteiger partial charge in [0.15, 0.2) is 5.65 Å². The number of fused-ring (bicyclic) bond motifs is 1. The van der Waals surface area contributed by atoms with Crippen LogP contribution in [0.3, 0.4) is 0 Å². The Morgan fingerprint density at radius 2 is 2.20 bits per heavy atom. The monoisotopic (exact) mass is 355 g/mol. The summed E-state index contributed by atoms with van der Waals surface area (Å²) >= 11 is 6.11. The highest BCUT2D eigenvalue weighted by Gasteiger charge is 2.32. The summed E-state index contributed by atoms with van der Waals surface area (Å²) in [7, 11) is 0. The molecular weight excluding hydrogens is 338 g/mol. The van der Waals surface area contributed by atoms with E-state index >= 15 is 0 Å². The normalized spacial score (nSPS) is 20.1. The van der Waals surface area contributed by atoms with Crippen LogP contribution >= 0.6 is 11.6 Å². The molecule has 1 aliphatic carbocycles. The second-order valence-corrected chi connectivity index (χ2v) is 6.83. The molecule has 0 amide bonds. The fourth-order valence-corrected chi connectivity index (χ4v) is 3.78. The number of aromatic nitrogens is 3. The summed E-state index contributed by atoms with van der Waals surface area (Å²) in [6, 6.07) is 9.60. The van der Waals surface area contributed by atoms with Crippen molar-refractivity contribution in [1.29, 1.82) is 0 Å². The minimum atomic E-state index is -0.346. The van der Waals surface area contributed by atoms with Crippen molar-refractivity contribution in [3.8, 4) is 0 Å². The van der Waals surface area contributed by atoms with Crippen LogP contribution in [-0.2, 0) is 4.74 Å². The molecule has 2 atom stereocenters. The van der Waals surface area contributed by atoms with Crippen molar-refractivity contribution >= 4 is 23.2 Å². The van der Waals surface area contributed by atoms with Gasteiger partial charge in [0.2, 0.25) is 0 Å². The van der Waals surface area contributed by atoms with Gasteiger partial charge in [-0.25, -0.2) is 14.3 Å². The van der Waals surface area contributed by atoms with E-state index in [1.807, 2.05) is 31.2 Å². The van der Waals surface area contributed by atoms with Gasteiger partial charge in [0.25, 0.3) is 0 Å². The number of nitrogens with zero attached hydrogens (tertiary/aromatic N) is 3. The molecular formula is C19H18ClN3O2. The molecule has 3 aromatic rings. The lowest BCUT2D eigenvalue weighted by Gasteiger charge is -2.21. The van der Waals surface area contributed by atoms with E-state index in [1.165, 1.54) is 0 Å². The van der Waals surface area contributed by atoms with Crippen LogP contribution in [0, 0.1) is 6.92 Å². The predicted octanol–water partition coefficient (Wildman–Crippen LogP) is 4.18. The Hall–Kier alpha value is -2.40. The number of benzene rings is 1. The number of esters is 1. The third-order valence-electron chi connectivity index (χ3n) is 4.86. The van der Waals surface area contributed by atoms with Gasteiger partial charge in [-0.05, 0) is 43.9 Å². The Morgan fingerprint density at radius 3 is 3.04 bits per heavy atom. The first kappa shape index (κ1) is 16.1. The molecule has 2 unspecified atom stereocenters. The van der Waals surface area contributed by atoms with Crippen LogP contribution in [0.4, 0.5) is 0 Å². The van der Waals surface area contributed by atoms with E-state index < -0.39 is 0 Å². The number of carbonyl (C=O) groups excluding carboxylic acids is 1. The summed E-state index contributed by atoms with van der Waals surface area (Å²) in [5, 5.41) is 4.90. The van der Waals surface area contributed by atoms with Gasteiger partial charge in [-0.15, -0.1) is 0 Å². The zero-order valence-corrected chi connectivity index (χ0v) is 14.6. The number of carbonyl (C=O) groups is 1. The molecule has 0 bridgehead atoms. The van der Waals surface area contributed by atoms with E-state index in [-0.39, 0.29) is 18.0 Å². The Morgan fingerprint density at radius 1 is 1.32 bits per heavy atom. The summed E-state index contributed by atoms with van der Waals surface area (Å²) in [5.74, 6) is -0.161.